The molecule has 96 valence electrons. The highest BCUT2D eigenvalue weighted by Gasteiger charge is 2.16. The van der Waals surface area contributed by atoms with Crippen molar-refractivity contribution in [2.24, 2.45) is 5.92 Å². The molecule has 0 aliphatic rings. The van der Waals surface area contributed by atoms with Crippen molar-refractivity contribution in [2.45, 2.75) is 39.8 Å². The van der Waals surface area contributed by atoms with Gasteiger partial charge in [0.15, 0.2) is 0 Å². The van der Waals surface area contributed by atoms with Gasteiger partial charge in [0.1, 0.15) is 0 Å². The highest BCUT2D eigenvalue weighted by molar-refractivity contribution is 5.14. The predicted octanol–water partition coefficient (Wildman–Crippen LogP) is 2.79. The maximum Gasteiger partial charge on any atom is 0.0622 e. The van der Waals surface area contributed by atoms with Crippen LogP contribution in [0.1, 0.15) is 39.3 Å². The van der Waals surface area contributed by atoms with Gasteiger partial charge in [-0.3, -0.25) is 4.98 Å². The van der Waals surface area contributed by atoms with Crippen LogP contribution in [0.15, 0.2) is 24.5 Å². The summed E-state index contributed by atoms with van der Waals surface area (Å²) in [7, 11) is 0. The second-order valence-electron chi connectivity index (χ2n) is 4.68. The van der Waals surface area contributed by atoms with Crippen LogP contribution in [0, 0.1) is 5.92 Å². The van der Waals surface area contributed by atoms with Gasteiger partial charge in [0.25, 0.3) is 0 Å². The number of pyridine rings is 1. The lowest BCUT2D eigenvalue weighted by atomic mass is 10.0. The minimum Gasteiger partial charge on any atom is -0.380 e. The molecule has 1 rings (SSSR count). The Hall–Kier alpha value is -0.930. The van der Waals surface area contributed by atoms with E-state index in [1.54, 1.807) is 0 Å². The molecular formula is C14H24N2O. The number of rotatable bonds is 7. The quantitative estimate of drug-likeness (QED) is 0.790. The summed E-state index contributed by atoms with van der Waals surface area (Å²) in [4.78, 5) is 4.04. The molecule has 0 spiro atoms. The second-order valence-corrected chi connectivity index (χ2v) is 4.68. The van der Waals surface area contributed by atoms with Crippen LogP contribution in [0.2, 0.25) is 0 Å². The average Bonchev–Trinajstić information content (AvgIpc) is 2.35. The van der Waals surface area contributed by atoms with Crippen LogP contribution in [0.4, 0.5) is 0 Å². The van der Waals surface area contributed by atoms with Gasteiger partial charge < -0.3 is 10.1 Å². The molecule has 0 aliphatic heterocycles. The molecule has 0 radical (unpaired) electrons. The standard InChI is InChI=1S/C14H24N2O/c1-5-17-10-14(11(2)3)16-12(4)13-6-8-15-9-7-13/h6-9,11-12,14,16H,5,10H2,1-4H3. The third kappa shape index (κ3) is 4.84. The molecule has 0 aliphatic carbocycles. The Morgan fingerprint density at radius 1 is 1.24 bits per heavy atom. The highest BCUT2D eigenvalue weighted by atomic mass is 16.5. The van der Waals surface area contributed by atoms with E-state index in [1.807, 2.05) is 19.3 Å². The molecule has 3 nitrogen and oxygen atoms in total. The van der Waals surface area contributed by atoms with Gasteiger partial charge in [-0.25, -0.2) is 0 Å². The summed E-state index contributed by atoms with van der Waals surface area (Å²) in [5.41, 5.74) is 1.27. The molecule has 1 N–H and O–H groups in total. The molecule has 0 saturated heterocycles. The van der Waals surface area contributed by atoms with Crippen LogP contribution < -0.4 is 5.32 Å². The van der Waals surface area contributed by atoms with Crippen molar-refractivity contribution in [2.75, 3.05) is 13.2 Å². The minimum absolute atomic E-state index is 0.325. The zero-order valence-corrected chi connectivity index (χ0v) is 11.3. The van der Waals surface area contributed by atoms with Gasteiger partial charge >= 0.3 is 0 Å². The van der Waals surface area contributed by atoms with Crippen LogP contribution in [0.25, 0.3) is 0 Å². The second kappa shape index (κ2) is 7.41. The summed E-state index contributed by atoms with van der Waals surface area (Å²) in [6, 6.07) is 4.81. The van der Waals surface area contributed by atoms with Crippen LogP contribution in [0.3, 0.4) is 0 Å². The zero-order valence-electron chi connectivity index (χ0n) is 11.3. The Bertz CT molecular complexity index is 300. The molecule has 0 saturated carbocycles. The van der Waals surface area contributed by atoms with Gasteiger partial charge in [0.2, 0.25) is 0 Å². The number of hydrogen-bond donors (Lipinski definition) is 1. The van der Waals surface area contributed by atoms with Crippen molar-refractivity contribution in [1.29, 1.82) is 0 Å². The van der Waals surface area contributed by atoms with Gasteiger partial charge in [-0.15, -0.1) is 0 Å². The van der Waals surface area contributed by atoms with Gasteiger partial charge in [-0.1, -0.05) is 13.8 Å². The molecule has 0 amide bonds. The Morgan fingerprint density at radius 3 is 2.41 bits per heavy atom. The summed E-state index contributed by atoms with van der Waals surface area (Å²) in [5.74, 6) is 0.561. The normalized spacial score (nSPS) is 14.9. The van der Waals surface area contributed by atoms with E-state index < -0.39 is 0 Å². The lowest BCUT2D eigenvalue weighted by molar-refractivity contribution is 0.104. The monoisotopic (exact) mass is 236 g/mol. The highest BCUT2D eigenvalue weighted by Crippen LogP contribution is 2.14. The first-order valence-corrected chi connectivity index (χ1v) is 6.38. The van der Waals surface area contributed by atoms with E-state index in [2.05, 4.69) is 43.2 Å². The van der Waals surface area contributed by atoms with Crippen molar-refractivity contribution >= 4 is 0 Å². The molecule has 0 fully saturated rings. The number of hydrogen-bond acceptors (Lipinski definition) is 3. The third-order valence-corrected chi connectivity index (χ3v) is 2.98. The number of ether oxygens (including phenoxy) is 1. The molecule has 2 atom stereocenters. The van der Waals surface area contributed by atoms with E-state index in [0.717, 1.165) is 13.2 Å². The van der Waals surface area contributed by atoms with Crippen molar-refractivity contribution in [3.63, 3.8) is 0 Å². The van der Waals surface area contributed by atoms with E-state index >= 15 is 0 Å². The molecule has 17 heavy (non-hydrogen) atoms. The van der Waals surface area contributed by atoms with Gasteiger partial charge in [0, 0.05) is 31.1 Å². The zero-order chi connectivity index (χ0) is 12.7. The lowest BCUT2D eigenvalue weighted by Gasteiger charge is -2.26. The largest absolute Gasteiger partial charge is 0.380 e. The van der Waals surface area contributed by atoms with Crippen LogP contribution in [0.5, 0.6) is 0 Å². The summed E-state index contributed by atoms with van der Waals surface area (Å²) in [6.45, 7) is 10.2. The van der Waals surface area contributed by atoms with Crippen molar-refractivity contribution in [1.82, 2.24) is 10.3 Å². The smallest absolute Gasteiger partial charge is 0.0622 e. The summed E-state index contributed by atoms with van der Waals surface area (Å²) < 4.78 is 5.52. The molecule has 0 bridgehead atoms. The maximum absolute atomic E-state index is 5.52. The fourth-order valence-electron chi connectivity index (χ4n) is 1.75. The van der Waals surface area contributed by atoms with Gasteiger partial charge in [-0.05, 0) is 37.5 Å². The van der Waals surface area contributed by atoms with Gasteiger partial charge in [0.05, 0.1) is 6.61 Å². The molecule has 3 heteroatoms. The molecule has 0 aromatic carbocycles. The first-order chi connectivity index (χ1) is 8.15. The average molecular weight is 236 g/mol. The van der Waals surface area contributed by atoms with E-state index in [0.29, 0.717) is 18.0 Å². The van der Waals surface area contributed by atoms with Gasteiger partial charge in [-0.2, -0.15) is 0 Å². The molecule has 1 heterocycles. The lowest BCUT2D eigenvalue weighted by Crippen LogP contribution is -2.39. The predicted molar refractivity (Wildman–Crippen MR) is 70.9 cm³/mol. The van der Waals surface area contributed by atoms with E-state index in [-0.39, 0.29) is 0 Å². The van der Waals surface area contributed by atoms with Crippen LogP contribution in [-0.2, 0) is 4.74 Å². The third-order valence-electron chi connectivity index (χ3n) is 2.98. The Balaban J connectivity index is 2.54. The maximum atomic E-state index is 5.52. The summed E-state index contributed by atoms with van der Waals surface area (Å²) in [6.07, 6.45) is 3.67. The molecule has 2 unspecified atom stereocenters. The van der Waals surface area contributed by atoms with E-state index in [4.69, 9.17) is 4.74 Å². The first kappa shape index (κ1) is 14.1. The number of nitrogens with one attached hydrogen (secondary N) is 1. The number of aromatic nitrogens is 1. The molecular weight excluding hydrogens is 212 g/mol. The summed E-state index contributed by atoms with van der Waals surface area (Å²) in [5, 5.41) is 3.61. The fraction of sp³-hybridized carbons (Fsp3) is 0.643. The summed E-state index contributed by atoms with van der Waals surface area (Å²) >= 11 is 0. The van der Waals surface area contributed by atoms with Crippen molar-refractivity contribution in [3.8, 4) is 0 Å². The molecule has 1 aromatic rings. The topological polar surface area (TPSA) is 34.1 Å². The van der Waals surface area contributed by atoms with E-state index in [1.165, 1.54) is 5.56 Å². The molecule has 1 aromatic heterocycles. The Kier molecular flexibility index (Phi) is 6.16. The van der Waals surface area contributed by atoms with Crippen LogP contribution in [-0.4, -0.2) is 24.2 Å². The SMILES string of the molecule is CCOCC(NC(C)c1ccncc1)C(C)C. The number of nitrogens with zero attached hydrogens (tertiary/aromatic N) is 1. The fourth-order valence-corrected chi connectivity index (χ4v) is 1.75. The first-order valence-electron chi connectivity index (χ1n) is 6.38. The van der Waals surface area contributed by atoms with Crippen molar-refractivity contribution in [3.05, 3.63) is 30.1 Å². The van der Waals surface area contributed by atoms with Crippen molar-refractivity contribution < 1.29 is 4.74 Å². The minimum atomic E-state index is 0.325. The Labute approximate surface area is 105 Å². The van der Waals surface area contributed by atoms with Crippen LogP contribution >= 0.6 is 0 Å². The van der Waals surface area contributed by atoms with E-state index in [9.17, 15) is 0 Å². The Morgan fingerprint density at radius 2 is 1.88 bits per heavy atom.